The van der Waals surface area contributed by atoms with Gasteiger partial charge in [0.1, 0.15) is 12.4 Å². The van der Waals surface area contributed by atoms with Gasteiger partial charge in [0.2, 0.25) is 5.91 Å². The molecule has 0 unspecified atom stereocenters. The highest BCUT2D eigenvalue weighted by atomic mass is 35.5. The van der Waals surface area contributed by atoms with Crippen molar-refractivity contribution in [1.29, 1.82) is 0 Å². The van der Waals surface area contributed by atoms with Crippen molar-refractivity contribution in [3.63, 3.8) is 0 Å². The molecule has 0 bridgehead atoms. The number of carbonyl (C=O) groups excluding carboxylic acids is 1. The number of hydrogen-bond donors (Lipinski definition) is 1. The van der Waals surface area contributed by atoms with Crippen LogP contribution in [-0.2, 0) is 17.9 Å². The van der Waals surface area contributed by atoms with E-state index in [1.165, 1.54) is 35.1 Å². The lowest BCUT2D eigenvalue weighted by Gasteiger charge is -2.05. The zero-order chi connectivity index (χ0) is 18.4. The molecular weight excluding hydrogens is 349 g/mol. The van der Waals surface area contributed by atoms with E-state index in [4.69, 9.17) is 11.6 Å². The molecule has 3 rings (SSSR count). The molecule has 0 aliphatic carbocycles. The highest BCUT2D eigenvalue weighted by Gasteiger charge is 2.10. The fourth-order valence-corrected chi connectivity index (χ4v) is 2.14. The molecular formula is C16H17ClFN5O2. The third-order valence-electron chi connectivity index (χ3n) is 3.16. The summed E-state index contributed by atoms with van der Waals surface area (Å²) in [6, 6.07) is 4.26. The maximum absolute atomic E-state index is 13.3. The number of nitrogens with zero attached hydrogens (tertiary/aromatic N) is 4. The molecule has 1 aromatic carbocycles. The van der Waals surface area contributed by atoms with E-state index in [-0.39, 0.29) is 18.1 Å². The van der Waals surface area contributed by atoms with E-state index in [0.29, 0.717) is 11.2 Å². The molecule has 0 atom stereocenters. The van der Waals surface area contributed by atoms with Gasteiger partial charge in [-0.05, 0) is 17.7 Å². The van der Waals surface area contributed by atoms with Crippen LogP contribution in [0.2, 0.25) is 5.02 Å². The van der Waals surface area contributed by atoms with Crippen LogP contribution < -0.4 is 11.0 Å². The number of benzene rings is 1. The molecule has 9 heteroatoms. The Morgan fingerprint density at radius 3 is 2.80 bits per heavy atom. The van der Waals surface area contributed by atoms with E-state index in [9.17, 15) is 14.0 Å². The van der Waals surface area contributed by atoms with Crippen LogP contribution in [0.25, 0.3) is 5.65 Å². The van der Waals surface area contributed by atoms with Crippen LogP contribution >= 0.6 is 11.6 Å². The van der Waals surface area contributed by atoms with Crippen molar-refractivity contribution in [2.75, 3.05) is 0 Å². The SMILES string of the molecule is CC.O=C(Cn1nc2cnccn2c1=O)NCc1ccc(Cl)c(F)c1. The number of nitrogens with one attached hydrogen (secondary N) is 1. The average molecular weight is 366 g/mol. The molecule has 0 aliphatic heterocycles. The minimum atomic E-state index is -0.553. The maximum atomic E-state index is 13.3. The summed E-state index contributed by atoms with van der Waals surface area (Å²) in [6.07, 6.45) is 4.34. The van der Waals surface area contributed by atoms with E-state index in [0.717, 1.165) is 4.68 Å². The summed E-state index contributed by atoms with van der Waals surface area (Å²) in [5.41, 5.74) is 0.479. The third kappa shape index (κ3) is 4.42. The van der Waals surface area contributed by atoms with Gasteiger partial charge in [0, 0.05) is 18.9 Å². The summed E-state index contributed by atoms with van der Waals surface area (Å²) >= 11 is 5.59. The minimum absolute atomic E-state index is 0.0185. The first kappa shape index (κ1) is 18.6. The van der Waals surface area contributed by atoms with Crippen molar-refractivity contribution in [2.45, 2.75) is 26.9 Å². The van der Waals surface area contributed by atoms with Gasteiger partial charge in [0.05, 0.1) is 11.2 Å². The van der Waals surface area contributed by atoms with E-state index >= 15 is 0 Å². The number of hydrogen-bond acceptors (Lipinski definition) is 4. The molecule has 0 saturated carbocycles. The van der Waals surface area contributed by atoms with Crippen molar-refractivity contribution in [3.8, 4) is 0 Å². The highest BCUT2D eigenvalue weighted by molar-refractivity contribution is 6.30. The molecule has 1 amide bonds. The monoisotopic (exact) mass is 365 g/mol. The Balaban J connectivity index is 0.00000109. The number of fused-ring (bicyclic) bond motifs is 1. The zero-order valence-electron chi connectivity index (χ0n) is 13.7. The van der Waals surface area contributed by atoms with E-state index < -0.39 is 17.4 Å². The fourth-order valence-electron chi connectivity index (χ4n) is 2.03. The molecule has 7 nitrogen and oxygen atoms in total. The van der Waals surface area contributed by atoms with Crippen LogP contribution in [0.1, 0.15) is 19.4 Å². The summed E-state index contributed by atoms with van der Waals surface area (Å²) < 4.78 is 15.6. The van der Waals surface area contributed by atoms with Crippen molar-refractivity contribution < 1.29 is 9.18 Å². The lowest BCUT2D eigenvalue weighted by molar-refractivity contribution is -0.122. The molecule has 3 aromatic rings. The summed E-state index contributed by atoms with van der Waals surface area (Å²) in [7, 11) is 0. The van der Waals surface area contributed by atoms with Crippen molar-refractivity contribution >= 4 is 23.2 Å². The number of amides is 1. The molecule has 0 saturated heterocycles. The van der Waals surface area contributed by atoms with Gasteiger partial charge >= 0.3 is 5.69 Å². The van der Waals surface area contributed by atoms with Crippen molar-refractivity contribution in [2.24, 2.45) is 0 Å². The first-order chi connectivity index (χ1) is 12.0. The van der Waals surface area contributed by atoms with Crippen LogP contribution in [0.15, 0.2) is 41.6 Å². The Labute approximate surface area is 148 Å². The molecule has 1 N–H and O–H groups in total. The topological polar surface area (TPSA) is 81.3 Å². The van der Waals surface area contributed by atoms with E-state index in [2.05, 4.69) is 15.4 Å². The number of rotatable bonds is 4. The van der Waals surface area contributed by atoms with Gasteiger partial charge in [-0.3, -0.25) is 9.78 Å². The van der Waals surface area contributed by atoms with Gasteiger partial charge in [-0.15, -0.1) is 5.10 Å². The first-order valence-electron chi connectivity index (χ1n) is 7.64. The van der Waals surface area contributed by atoms with Gasteiger partial charge in [-0.2, -0.15) is 0 Å². The van der Waals surface area contributed by atoms with E-state index in [1.807, 2.05) is 13.8 Å². The summed E-state index contributed by atoms with van der Waals surface area (Å²) in [5, 5.41) is 6.61. The lowest BCUT2D eigenvalue weighted by atomic mass is 10.2. The fraction of sp³-hybridized carbons (Fsp3) is 0.250. The predicted molar refractivity (Wildman–Crippen MR) is 91.9 cm³/mol. The Hall–Kier alpha value is -2.74. The molecule has 0 spiro atoms. The lowest BCUT2D eigenvalue weighted by Crippen LogP contribution is -2.32. The van der Waals surface area contributed by atoms with Crippen LogP contribution in [0.5, 0.6) is 0 Å². The second kappa shape index (κ2) is 8.39. The van der Waals surface area contributed by atoms with Gasteiger partial charge in [-0.25, -0.2) is 18.3 Å². The minimum Gasteiger partial charge on any atom is -0.350 e. The highest BCUT2D eigenvalue weighted by Crippen LogP contribution is 2.15. The molecule has 0 radical (unpaired) electrons. The maximum Gasteiger partial charge on any atom is 0.350 e. The normalized spacial score (nSPS) is 10.2. The average Bonchev–Trinajstić information content (AvgIpc) is 2.94. The standard InChI is InChI=1S/C14H11ClFN5O2.C2H6/c15-10-2-1-9(5-11(10)16)6-18-13(22)8-21-14(23)20-4-3-17-7-12(20)19-21;1-2/h1-5,7H,6,8H2,(H,18,22);1-2H3. The van der Waals surface area contributed by atoms with Gasteiger partial charge in [0.25, 0.3) is 0 Å². The molecule has 25 heavy (non-hydrogen) atoms. The third-order valence-corrected chi connectivity index (χ3v) is 3.46. The quantitative estimate of drug-likeness (QED) is 0.767. The number of halogens is 2. The van der Waals surface area contributed by atoms with Crippen LogP contribution in [0.3, 0.4) is 0 Å². The predicted octanol–water partition coefficient (Wildman–Crippen LogP) is 2.03. The summed E-state index contributed by atoms with van der Waals surface area (Å²) in [6.45, 7) is 3.88. The number of carbonyl (C=O) groups is 1. The van der Waals surface area contributed by atoms with Crippen molar-refractivity contribution in [1.82, 2.24) is 24.5 Å². The molecule has 2 aromatic heterocycles. The molecule has 132 valence electrons. The van der Waals surface area contributed by atoms with Crippen molar-refractivity contribution in [3.05, 3.63) is 63.7 Å². The Kier molecular flexibility index (Phi) is 6.24. The molecule has 0 aliphatic rings. The smallest absolute Gasteiger partial charge is 0.350 e. The van der Waals surface area contributed by atoms with Crippen LogP contribution in [-0.4, -0.2) is 25.1 Å². The van der Waals surface area contributed by atoms with Crippen LogP contribution in [0, 0.1) is 5.82 Å². The summed E-state index contributed by atoms with van der Waals surface area (Å²) in [4.78, 5) is 27.8. The van der Waals surface area contributed by atoms with Gasteiger partial charge in [0.15, 0.2) is 5.65 Å². The largest absolute Gasteiger partial charge is 0.350 e. The zero-order valence-corrected chi connectivity index (χ0v) is 14.5. The second-order valence-electron chi connectivity index (χ2n) is 4.77. The van der Waals surface area contributed by atoms with E-state index in [1.54, 1.807) is 6.07 Å². The molecule has 2 heterocycles. The Morgan fingerprint density at radius 2 is 2.12 bits per heavy atom. The first-order valence-corrected chi connectivity index (χ1v) is 8.02. The summed E-state index contributed by atoms with van der Waals surface area (Å²) in [5.74, 6) is -0.971. The Bertz CT molecular complexity index is 938. The number of aromatic nitrogens is 4. The molecule has 0 fully saturated rings. The Morgan fingerprint density at radius 1 is 1.36 bits per heavy atom. The second-order valence-corrected chi connectivity index (χ2v) is 5.18. The van der Waals surface area contributed by atoms with Gasteiger partial charge < -0.3 is 5.32 Å². The van der Waals surface area contributed by atoms with Gasteiger partial charge in [-0.1, -0.05) is 31.5 Å². The van der Waals surface area contributed by atoms with Crippen LogP contribution in [0.4, 0.5) is 4.39 Å².